The van der Waals surface area contributed by atoms with Crippen LogP contribution in [0.25, 0.3) is 11.4 Å². The fraction of sp³-hybridized carbons (Fsp3) is 0.600. The van der Waals surface area contributed by atoms with Crippen molar-refractivity contribution in [2.75, 3.05) is 49.3 Å². The second kappa shape index (κ2) is 11.0. The lowest BCUT2D eigenvalue weighted by molar-refractivity contribution is 0.122. The van der Waals surface area contributed by atoms with Crippen LogP contribution < -0.4 is 10.2 Å². The van der Waals surface area contributed by atoms with Crippen molar-refractivity contribution in [2.45, 2.75) is 51.2 Å². The molecule has 33 heavy (non-hydrogen) atoms. The van der Waals surface area contributed by atoms with Crippen LogP contribution in [0.5, 0.6) is 0 Å². The number of morpholine rings is 1. The highest BCUT2D eigenvalue weighted by molar-refractivity contribution is 8.23. The van der Waals surface area contributed by atoms with Crippen molar-refractivity contribution in [1.29, 1.82) is 0 Å². The Bertz CT molecular complexity index is 928. The number of aromatic nitrogens is 2. The van der Waals surface area contributed by atoms with Crippen LogP contribution in [0.4, 0.5) is 11.5 Å². The van der Waals surface area contributed by atoms with Crippen molar-refractivity contribution in [1.82, 2.24) is 9.97 Å². The first kappa shape index (κ1) is 24.3. The molecule has 1 aliphatic heterocycles. The van der Waals surface area contributed by atoms with Crippen LogP contribution in [0.15, 0.2) is 24.3 Å². The van der Waals surface area contributed by atoms with E-state index in [0.29, 0.717) is 36.4 Å². The van der Waals surface area contributed by atoms with Gasteiger partial charge in [-0.05, 0) is 43.0 Å². The first-order chi connectivity index (χ1) is 15.9. The Morgan fingerprint density at radius 1 is 1.09 bits per heavy atom. The third-order valence-electron chi connectivity index (χ3n) is 6.81. The summed E-state index contributed by atoms with van der Waals surface area (Å²) in [5.74, 6) is 2.72. The minimum atomic E-state index is -2.74. The molecule has 1 saturated carbocycles. The van der Waals surface area contributed by atoms with Gasteiger partial charge in [0.1, 0.15) is 5.82 Å². The normalized spacial score (nSPS) is 18.4. The molecular weight excluding hydrogens is 436 g/mol. The molecular formula is C25H38N4O3S. The average molecular weight is 475 g/mol. The molecule has 182 valence electrons. The van der Waals surface area contributed by atoms with Gasteiger partial charge in [-0.25, -0.2) is 9.97 Å². The Morgan fingerprint density at radius 2 is 1.85 bits per heavy atom. The first-order valence-corrected chi connectivity index (χ1v) is 14.0. The molecule has 0 unspecified atom stereocenters. The Hall–Kier alpha value is -1.87. The SMILES string of the molecule is CNc1ccc(-c2nc(CS(O)(O)CCC3CCCCC3)cc(N3CCOCC3)n2)cc1C. The topological polar surface area (TPSA) is 90.7 Å². The lowest BCUT2D eigenvalue weighted by Gasteiger charge is -2.34. The maximum atomic E-state index is 10.9. The molecule has 2 heterocycles. The zero-order valence-corrected chi connectivity index (χ0v) is 20.7. The summed E-state index contributed by atoms with van der Waals surface area (Å²) in [7, 11) is -0.832. The molecule has 8 heteroatoms. The van der Waals surface area contributed by atoms with E-state index in [1.54, 1.807) is 0 Å². The summed E-state index contributed by atoms with van der Waals surface area (Å²) >= 11 is 0. The zero-order chi connectivity index (χ0) is 23.3. The fourth-order valence-corrected chi connectivity index (χ4v) is 6.34. The number of nitrogens with one attached hydrogen (secondary N) is 1. The van der Waals surface area contributed by atoms with Gasteiger partial charge >= 0.3 is 0 Å². The largest absolute Gasteiger partial charge is 0.388 e. The van der Waals surface area contributed by atoms with E-state index in [4.69, 9.17) is 14.7 Å². The molecule has 0 atom stereocenters. The van der Waals surface area contributed by atoms with Crippen molar-refractivity contribution in [3.05, 3.63) is 35.5 Å². The molecule has 2 aromatic rings. The molecule has 1 aromatic heterocycles. The van der Waals surface area contributed by atoms with Gasteiger partial charge in [-0.2, -0.15) is 10.6 Å². The molecule has 0 bridgehead atoms. The third kappa shape index (κ3) is 6.59. The Balaban J connectivity index is 1.57. The van der Waals surface area contributed by atoms with E-state index in [2.05, 4.69) is 23.2 Å². The van der Waals surface area contributed by atoms with E-state index in [-0.39, 0.29) is 5.75 Å². The maximum absolute atomic E-state index is 10.9. The predicted octanol–water partition coefficient (Wildman–Crippen LogP) is 5.55. The zero-order valence-electron chi connectivity index (χ0n) is 19.9. The lowest BCUT2D eigenvalue weighted by atomic mass is 9.88. The molecule has 7 nitrogen and oxygen atoms in total. The Kier molecular flexibility index (Phi) is 8.11. The van der Waals surface area contributed by atoms with Crippen LogP contribution in [-0.4, -0.2) is 58.2 Å². The van der Waals surface area contributed by atoms with E-state index in [1.807, 2.05) is 25.2 Å². The fourth-order valence-electron chi connectivity index (χ4n) is 4.86. The highest BCUT2D eigenvalue weighted by Crippen LogP contribution is 2.45. The number of ether oxygens (including phenoxy) is 1. The number of aryl methyl sites for hydroxylation is 1. The molecule has 4 rings (SSSR count). The second-order valence-electron chi connectivity index (χ2n) is 9.36. The van der Waals surface area contributed by atoms with Crippen molar-refractivity contribution in [3.63, 3.8) is 0 Å². The Labute approximate surface area is 199 Å². The van der Waals surface area contributed by atoms with Gasteiger partial charge in [0.2, 0.25) is 0 Å². The number of hydrogen-bond donors (Lipinski definition) is 3. The van der Waals surface area contributed by atoms with Gasteiger partial charge < -0.3 is 15.0 Å². The molecule has 3 N–H and O–H groups in total. The van der Waals surface area contributed by atoms with Gasteiger partial charge in [0.15, 0.2) is 5.82 Å². The molecule has 0 spiro atoms. The van der Waals surface area contributed by atoms with E-state index in [0.717, 1.165) is 42.1 Å². The number of anilines is 2. The summed E-state index contributed by atoms with van der Waals surface area (Å²) in [6.45, 7) is 4.93. The number of hydrogen-bond acceptors (Lipinski definition) is 7. The van der Waals surface area contributed by atoms with Crippen molar-refractivity contribution in [2.24, 2.45) is 5.92 Å². The van der Waals surface area contributed by atoms with Crippen LogP contribution in [0.1, 0.15) is 49.8 Å². The smallest absolute Gasteiger partial charge is 0.161 e. The van der Waals surface area contributed by atoms with Gasteiger partial charge in [-0.15, -0.1) is 0 Å². The summed E-state index contributed by atoms with van der Waals surface area (Å²) < 4.78 is 27.3. The molecule has 2 aliphatic rings. The number of nitrogens with zero attached hydrogens (tertiary/aromatic N) is 3. The summed E-state index contributed by atoms with van der Waals surface area (Å²) in [6, 6.07) is 8.06. The van der Waals surface area contributed by atoms with Gasteiger partial charge in [0.05, 0.1) is 24.7 Å². The second-order valence-corrected chi connectivity index (χ2v) is 11.7. The van der Waals surface area contributed by atoms with Crippen molar-refractivity contribution < 1.29 is 13.8 Å². The molecule has 0 radical (unpaired) electrons. The summed E-state index contributed by atoms with van der Waals surface area (Å²) in [5.41, 5.74) is 3.82. The standard InChI is InChI=1S/C25H38N4O3S/c1-19-16-21(8-9-23(19)26-2)25-27-22(17-24(28-25)29-11-13-32-14-12-29)18-33(30,31)15-10-20-6-4-3-5-7-20/h8-9,16-17,20,26,30-31H,3-7,10-15,18H2,1-2H3. The summed E-state index contributed by atoms with van der Waals surface area (Å²) in [6.07, 6.45) is 7.19. The molecule has 1 aliphatic carbocycles. The summed E-state index contributed by atoms with van der Waals surface area (Å²) in [5, 5.41) is 3.19. The molecule has 1 saturated heterocycles. The quantitative estimate of drug-likeness (QED) is 0.462. The van der Waals surface area contributed by atoms with E-state index >= 15 is 0 Å². The highest BCUT2D eigenvalue weighted by atomic mass is 32.3. The highest BCUT2D eigenvalue weighted by Gasteiger charge is 2.22. The van der Waals surface area contributed by atoms with Gasteiger partial charge in [0.25, 0.3) is 0 Å². The first-order valence-electron chi connectivity index (χ1n) is 12.2. The number of benzene rings is 1. The van der Waals surface area contributed by atoms with Crippen LogP contribution in [-0.2, 0) is 10.5 Å². The monoisotopic (exact) mass is 474 g/mol. The summed E-state index contributed by atoms with van der Waals surface area (Å²) in [4.78, 5) is 11.8. The molecule has 0 amide bonds. The van der Waals surface area contributed by atoms with Crippen LogP contribution in [0.2, 0.25) is 0 Å². The lowest BCUT2D eigenvalue weighted by Crippen LogP contribution is -2.37. The van der Waals surface area contributed by atoms with Crippen molar-refractivity contribution in [3.8, 4) is 11.4 Å². The predicted molar refractivity (Wildman–Crippen MR) is 137 cm³/mol. The van der Waals surface area contributed by atoms with E-state index in [1.165, 1.54) is 32.1 Å². The number of rotatable bonds is 8. The van der Waals surface area contributed by atoms with Gasteiger partial charge in [0, 0.05) is 43.2 Å². The molecule has 2 fully saturated rings. The van der Waals surface area contributed by atoms with Gasteiger partial charge in [-0.3, -0.25) is 9.11 Å². The minimum Gasteiger partial charge on any atom is -0.388 e. The maximum Gasteiger partial charge on any atom is 0.161 e. The van der Waals surface area contributed by atoms with E-state index < -0.39 is 10.6 Å². The van der Waals surface area contributed by atoms with E-state index in [9.17, 15) is 9.11 Å². The third-order valence-corrected chi connectivity index (χ3v) is 8.46. The van der Waals surface area contributed by atoms with Crippen LogP contribution in [0.3, 0.4) is 0 Å². The van der Waals surface area contributed by atoms with Crippen LogP contribution >= 0.6 is 10.6 Å². The molecule has 1 aromatic carbocycles. The minimum absolute atomic E-state index is 0.181. The van der Waals surface area contributed by atoms with Gasteiger partial charge in [-0.1, -0.05) is 32.1 Å². The van der Waals surface area contributed by atoms with Crippen molar-refractivity contribution >= 4 is 22.1 Å². The Morgan fingerprint density at radius 3 is 2.55 bits per heavy atom. The average Bonchev–Trinajstić information content (AvgIpc) is 2.83. The van der Waals surface area contributed by atoms with Crippen LogP contribution in [0, 0.1) is 12.8 Å².